The second-order valence-corrected chi connectivity index (χ2v) is 9.84. The maximum absolute atomic E-state index is 14.9. The molecule has 4 aliphatic heterocycles. The number of anilines is 2. The fraction of sp³-hybridized carbons (Fsp3) is 0.560. The summed E-state index contributed by atoms with van der Waals surface area (Å²) < 4.78 is 31.8. The van der Waals surface area contributed by atoms with Gasteiger partial charge in [-0.2, -0.15) is 0 Å². The van der Waals surface area contributed by atoms with Crippen LogP contribution >= 0.6 is 0 Å². The van der Waals surface area contributed by atoms with E-state index in [-0.39, 0.29) is 36.7 Å². The number of nitrogens with one attached hydrogen (secondary N) is 3. The van der Waals surface area contributed by atoms with E-state index in [0.717, 1.165) is 43.1 Å². The molecule has 2 aromatic rings. The predicted molar refractivity (Wildman–Crippen MR) is 130 cm³/mol. The van der Waals surface area contributed by atoms with E-state index in [1.54, 1.807) is 13.2 Å². The summed E-state index contributed by atoms with van der Waals surface area (Å²) in [7, 11) is 1.58. The van der Waals surface area contributed by atoms with Gasteiger partial charge in [-0.3, -0.25) is 9.69 Å². The number of methoxy groups -OCH3 is 1. The SMILES string of the molecule is COc1ccc2c(n1)C(CCN1C[C@H]3C[C@@H](NCc4ccc5c(n4)NC(=O)CO5)[C@@H](C1)O3)C(F)CN2. The van der Waals surface area contributed by atoms with E-state index >= 15 is 0 Å². The molecule has 0 aliphatic carbocycles. The smallest absolute Gasteiger partial charge is 0.263 e. The number of carbonyl (C=O) groups is 1. The van der Waals surface area contributed by atoms with Crippen LogP contribution in [0.3, 0.4) is 0 Å². The van der Waals surface area contributed by atoms with Crippen LogP contribution < -0.4 is 25.4 Å². The molecular formula is C25H31FN6O4. The average Bonchev–Trinajstić information content (AvgIpc) is 3.18. The minimum absolute atomic E-state index is 0.0199. The van der Waals surface area contributed by atoms with Crippen LogP contribution in [-0.2, 0) is 16.1 Å². The van der Waals surface area contributed by atoms with Crippen molar-refractivity contribution in [1.29, 1.82) is 0 Å². The third-order valence-electron chi connectivity index (χ3n) is 7.45. The lowest BCUT2D eigenvalue weighted by Gasteiger charge is -2.35. The van der Waals surface area contributed by atoms with Crippen LogP contribution in [0.25, 0.3) is 0 Å². The molecule has 0 aromatic carbocycles. The molecule has 0 radical (unpaired) electrons. The molecule has 192 valence electrons. The zero-order valence-electron chi connectivity index (χ0n) is 20.2. The Morgan fingerprint density at radius 2 is 2.17 bits per heavy atom. The second kappa shape index (κ2) is 9.79. The van der Waals surface area contributed by atoms with Gasteiger partial charge in [0.05, 0.1) is 36.4 Å². The molecule has 0 saturated carbocycles. The lowest BCUT2D eigenvalue weighted by atomic mass is 9.90. The van der Waals surface area contributed by atoms with E-state index < -0.39 is 6.17 Å². The minimum Gasteiger partial charge on any atom is -0.481 e. The van der Waals surface area contributed by atoms with Crippen molar-refractivity contribution in [2.45, 2.75) is 49.7 Å². The second-order valence-electron chi connectivity index (χ2n) is 9.84. The van der Waals surface area contributed by atoms with Gasteiger partial charge in [-0.15, -0.1) is 0 Å². The Kier molecular flexibility index (Phi) is 6.36. The molecule has 5 atom stereocenters. The number of amides is 1. The number of alkyl halides is 1. The summed E-state index contributed by atoms with van der Waals surface area (Å²) in [6.07, 6.45) is 0.866. The molecule has 6 heterocycles. The number of rotatable bonds is 7. The number of ether oxygens (including phenoxy) is 3. The largest absolute Gasteiger partial charge is 0.481 e. The average molecular weight is 499 g/mol. The number of nitrogens with zero attached hydrogens (tertiary/aromatic N) is 3. The Bertz CT molecular complexity index is 1140. The maximum atomic E-state index is 14.9. The first-order chi connectivity index (χ1) is 17.6. The molecule has 2 bridgehead atoms. The Morgan fingerprint density at radius 3 is 3.06 bits per heavy atom. The van der Waals surface area contributed by atoms with Crippen LogP contribution in [-0.4, -0.2) is 85.1 Å². The van der Waals surface area contributed by atoms with E-state index in [1.165, 1.54) is 0 Å². The number of pyridine rings is 2. The molecule has 2 saturated heterocycles. The Hall–Kier alpha value is -3.02. The zero-order valence-corrected chi connectivity index (χ0v) is 20.2. The highest BCUT2D eigenvalue weighted by Crippen LogP contribution is 2.36. The third kappa shape index (κ3) is 4.70. The van der Waals surface area contributed by atoms with Gasteiger partial charge in [-0.05, 0) is 37.6 Å². The number of hydrogen-bond acceptors (Lipinski definition) is 9. The number of aromatic nitrogens is 2. The summed E-state index contributed by atoms with van der Waals surface area (Å²) in [6.45, 7) is 3.33. The first-order valence-electron chi connectivity index (χ1n) is 12.5. The van der Waals surface area contributed by atoms with Crippen molar-refractivity contribution in [1.82, 2.24) is 20.2 Å². The fourth-order valence-electron chi connectivity index (χ4n) is 5.64. The molecule has 10 nitrogen and oxygen atoms in total. The van der Waals surface area contributed by atoms with Gasteiger partial charge in [-0.1, -0.05) is 0 Å². The van der Waals surface area contributed by atoms with E-state index in [0.29, 0.717) is 37.0 Å². The maximum Gasteiger partial charge on any atom is 0.263 e. The highest BCUT2D eigenvalue weighted by Gasteiger charge is 2.41. The third-order valence-corrected chi connectivity index (χ3v) is 7.45. The summed E-state index contributed by atoms with van der Waals surface area (Å²) in [6, 6.07) is 7.68. The molecule has 6 rings (SSSR count). The first kappa shape index (κ1) is 23.4. The van der Waals surface area contributed by atoms with Gasteiger partial charge in [0.1, 0.15) is 6.17 Å². The number of hydrogen-bond donors (Lipinski definition) is 3. The molecule has 0 spiro atoms. The van der Waals surface area contributed by atoms with Gasteiger partial charge >= 0.3 is 0 Å². The van der Waals surface area contributed by atoms with Gasteiger partial charge in [0.2, 0.25) is 5.88 Å². The minimum atomic E-state index is -0.983. The van der Waals surface area contributed by atoms with Crippen molar-refractivity contribution >= 4 is 17.4 Å². The molecule has 2 aromatic heterocycles. The highest BCUT2D eigenvalue weighted by molar-refractivity contribution is 5.94. The zero-order chi connectivity index (χ0) is 24.6. The quantitative estimate of drug-likeness (QED) is 0.525. The molecule has 36 heavy (non-hydrogen) atoms. The van der Waals surface area contributed by atoms with Crippen molar-refractivity contribution in [2.75, 3.05) is 50.5 Å². The number of carbonyl (C=O) groups excluding carboxylic acids is 1. The summed E-state index contributed by atoms with van der Waals surface area (Å²) >= 11 is 0. The van der Waals surface area contributed by atoms with E-state index in [4.69, 9.17) is 14.2 Å². The monoisotopic (exact) mass is 498 g/mol. The van der Waals surface area contributed by atoms with Crippen molar-refractivity contribution in [3.63, 3.8) is 0 Å². The summed E-state index contributed by atoms with van der Waals surface area (Å²) in [5, 5.41) is 9.48. The van der Waals surface area contributed by atoms with Gasteiger partial charge in [0.15, 0.2) is 18.2 Å². The van der Waals surface area contributed by atoms with E-state index in [2.05, 4.69) is 30.8 Å². The number of halogens is 1. The predicted octanol–water partition coefficient (Wildman–Crippen LogP) is 1.68. The Labute approximate surface area is 208 Å². The van der Waals surface area contributed by atoms with Gasteiger partial charge in [0.25, 0.3) is 5.91 Å². The Balaban J connectivity index is 1.04. The molecular weight excluding hydrogens is 467 g/mol. The number of morpholine rings is 1. The molecule has 2 unspecified atom stereocenters. The summed E-state index contributed by atoms with van der Waals surface area (Å²) in [5.74, 6) is 1.12. The van der Waals surface area contributed by atoms with Crippen molar-refractivity contribution in [2.24, 2.45) is 0 Å². The van der Waals surface area contributed by atoms with Gasteiger partial charge < -0.3 is 30.2 Å². The van der Waals surface area contributed by atoms with Crippen LogP contribution in [0.2, 0.25) is 0 Å². The molecule has 4 aliphatic rings. The van der Waals surface area contributed by atoms with E-state index in [1.807, 2.05) is 18.2 Å². The lowest BCUT2D eigenvalue weighted by molar-refractivity contribution is -0.118. The van der Waals surface area contributed by atoms with Gasteiger partial charge in [0, 0.05) is 44.2 Å². The van der Waals surface area contributed by atoms with Crippen molar-refractivity contribution in [3.8, 4) is 11.6 Å². The molecule has 2 fully saturated rings. The van der Waals surface area contributed by atoms with Crippen molar-refractivity contribution in [3.05, 3.63) is 35.7 Å². The lowest BCUT2D eigenvalue weighted by Crippen LogP contribution is -2.47. The number of likely N-dealkylation sites (tertiary alicyclic amines) is 1. The van der Waals surface area contributed by atoms with Crippen LogP contribution in [0.1, 0.15) is 30.1 Å². The van der Waals surface area contributed by atoms with Crippen LogP contribution in [0, 0.1) is 0 Å². The topological polar surface area (TPSA) is 110 Å². The van der Waals surface area contributed by atoms with Crippen LogP contribution in [0.15, 0.2) is 24.3 Å². The summed E-state index contributed by atoms with van der Waals surface area (Å²) in [4.78, 5) is 23.0. The van der Waals surface area contributed by atoms with Crippen molar-refractivity contribution < 1.29 is 23.4 Å². The molecule has 1 amide bonds. The molecule has 3 N–H and O–H groups in total. The van der Waals surface area contributed by atoms with Crippen LogP contribution in [0.4, 0.5) is 15.9 Å². The standard InChI is InChI=1S/C25H31FN6O4/c1-34-23-5-3-18-24(31-23)16(17(26)10-28-18)6-7-32-11-15-8-19(21(12-32)36-15)27-9-14-2-4-20-25(29-14)30-22(33)13-35-20/h2-5,15-17,19,21,27-28H,6-13H2,1H3,(H,29,30,33)/t15-,16?,17?,19-,21-/m1/s1. The number of fused-ring (bicyclic) bond motifs is 4. The normalized spacial score (nSPS) is 28.9. The molecule has 11 heteroatoms. The fourth-order valence-corrected chi connectivity index (χ4v) is 5.64. The van der Waals surface area contributed by atoms with Crippen LogP contribution in [0.5, 0.6) is 11.6 Å². The van der Waals surface area contributed by atoms with Gasteiger partial charge in [-0.25, -0.2) is 14.4 Å². The first-order valence-corrected chi connectivity index (χ1v) is 12.5. The highest BCUT2D eigenvalue weighted by atomic mass is 19.1. The summed E-state index contributed by atoms with van der Waals surface area (Å²) in [5.41, 5.74) is 2.48. The van der Waals surface area contributed by atoms with E-state index in [9.17, 15) is 9.18 Å². The Morgan fingerprint density at radius 1 is 1.25 bits per heavy atom.